The van der Waals surface area contributed by atoms with Crippen LogP contribution in [0.25, 0.3) is 0 Å². The van der Waals surface area contributed by atoms with Crippen LogP contribution < -0.4 is 0 Å². The normalized spacial score (nSPS) is 11.5. The first-order chi connectivity index (χ1) is 16.9. The number of hydrogen-bond donors (Lipinski definition) is 1. The molecule has 0 aromatic rings. The van der Waals surface area contributed by atoms with Gasteiger partial charge >= 0.3 is 0 Å². The molecule has 0 unspecified atom stereocenters. The van der Waals surface area contributed by atoms with E-state index < -0.39 is 0 Å². The van der Waals surface area contributed by atoms with Crippen LogP contribution in [0.2, 0.25) is 0 Å². The van der Waals surface area contributed by atoms with Crippen LogP contribution in [0.4, 0.5) is 0 Å². The molecule has 0 rings (SSSR count). The lowest BCUT2D eigenvalue weighted by Crippen LogP contribution is -1.97. The van der Waals surface area contributed by atoms with Gasteiger partial charge in [-0.2, -0.15) is 0 Å². The third kappa shape index (κ3) is 31.9. The molecule has 0 aromatic carbocycles. The van der Waals surface area contributed by atoms with Gasteiger partial charge < -0.3 is 9.84 Å². The molecule has 34 heavy (non-hydrogen) atoms. The molecule has 0 aliphatic rings. The molecule has 0 saturated heterocycles. The van der Waals surface area contributed by atoms with E-state index in [9.17, 15) is 0 Å². The Balaban J connectivity index is 2.99. The zero-order valence-corrected chi connectivity index (χ0v) is 23.8. The minimum absolute atomic E-state index is 0.366. The van der Waals surface area contributed by atoms with Crippen molar-refractivity contribution in [1.82, 2.24) is 0 Å². The number of rotatable bonds is 31. The number of aliphatic hydroxyl groups excluding tert-OH is 1. The summed E-state index contributed by atoms with van der Waals surface area (Å²) in [6.07, 6.45) is 38.8. The molecular weight excluding hydrogens is 416 g/mol. The summed E-state index contributed by atoms with van der Waals surface area (Å²) in [7, 11) is 0. The van der Waals surface area contributed by atoms with Gasteiger partial charge in [-0.1, -0.05) is 167 Å². The largest absolute Gasteiger partial charge is 0.396 e. The van der Waals surface area contributed by atoms with Crippen LogP contribution in [-0.2, 0) is 4.74 Å². The lowest BCUT2D eigenvalue weighted by molar-refractivity contribution is 0.125. The van der Waals surface area contributed by atoms with E-state index >= 15 is 0 Å². The maximum Gasteiger partial charge on any atom is 0.0466 e. The van der Waals surface area contributed by atoms with Crippen molar-refractivity contribution < 1.29 is 9.84 Å². The van der Waals surface area contributed by atoms with Gasteiger partial charge in [-0.15, -0.1) is 0 Å². The van der Waals surface area contributed by atoms with Crippen LogP contribution in [0.15, 0.2) is 0 Å². The van der Waals surface area contributed by atoms with Crippen LogP contribution in [0.5, 0.6) is 0 Å². The van der Waals surface area contributed by atoms with Crippen LogP contribution in [0.1, 0.15) is 187 Å². The minimum Gasteiger partial charge on any atom is -0.396 e. The van der Waals surface area contributed by atoms with Gasteiger partial charge in [0.25, 0.3) is 0 Å². The Bertz CT molecular complexity index is 299. The van der Waals surface area contributed by atoms with Crippen molar-refractivity contribution in [2.45, 2.75) is 187 Å². The second-order valence-electron chi connectivity index (χ2n) is 10.9. The summed E-state index contributed by atoms with van der Waals surface area (Å²) in [5.74, 6) is 0. The Morgan fingerprint density at radius 2 is 0.559 bits per heavy atom. The molecular formula is C32H66O2. The van der Waals surface area contributed by atoms with Gasteiger partial charge in [0.2, 0.25) is 0 Å². The maximum atomic E-state index is 8.76. The maximum absolute atomic E-state index is 8.76. The van der Waals surface area contributed by atoms with Gasteiger partial charge in [-0.05, 0) is 19.3 Å². The number of aliphatic hydroxyl groups is 1. The number of ether oxygens (including phenoxy) is 1. The Hall–Kier alpha value is -0.0800. The third-order valence-electron chi connectivity index (χ3n) is 7.34. The second-order valence-corrected chi connectivity index (χ2v) is 10.9. The SMILES string of the molecule is CCCCCCCCCCCCCCCCCCOCCCCCCCCCCCCCCO. The highest BCUT2D eigenvalue weighted by Crippen LogP contribution is 2.14. The van der Waals surface area contributed by atoms with Crippen molar-refractivity contribution in [3.05, 3.63) is 0 Å². The van der Waals surface area contributed by atoms with Gasteiger partial charge in [-0.25, -0.2) is 0 Å². The lowest BCUT2D eigenvalue weighted by Gasteiger charge is -2.05. The van der Waals surface area contributed by atoms with E-state index in [1.54, 1.807) is 0 Å². The molecule has 206 valence electrons. The van der Waals surface area contributed by atoms with Crippen molar-refractivity contribution in [3.63, 3.8) is 0 Å². The van der Waals surface area contributed by atoms with Crippen LogP contribution in [0.3, 0.4) is 0 Å². The third-order valence-corrected chi connectivity index (χ3v) is 7.34. The molecule has 0 bridgehead atoms. The highest BCUT2D eigenvalue weighted by Gasteiger charge is 1.96. The number of unbranched alkanes of at least 4 members (excludes halogenated alkanes) is 26. The van der Waals surface area contributed by atoms with Crippen LogP contribution >= 0.6 is 0 Å². The molecule has 0 aliphatic heterocycles. The second kappa shape index (κ2) is 32.9. The fourth-order valence-corrected chi connectivity index (χ4v) is 4.94. The van der Waals surface area contributed by atoms with E-state index in [2.05, 4.69) is 6.92 Å². The first-order valence-corrected chi connectivity index (χ1v) is 16.1. The first-order valence-electron chi connectivity index (χ1n) is 16.1. The van der Waals surface area contributed by atoms with E-state index in [1.165, 1.54) is 173 Å². The van der Waals surface area contributed by atoms with Crippen molar-refractivity contribution in [2.75, 3.05) is 19.8 Å². The molecule has 0 aliphatic carbocycles. The fraction of sp³-hybridized carbons (Fsp3) is 1.00. The van der Waals surface area contributed by atoms with Crippen molar-refractivity contribution in [3.8, 4) is 0 Å². The molecule has 0 radical (unpaired) electrons. The van der Waals surface area contributed by atoms with E-state index in [0.29, 0.717) is 6.61 Å². The molecule has 0 aromatic heterocycles. The minimum atomic E-state index is 0.366. The Kier molecular flexibility index (Phi) is 32.8. The smallest absolute Gasteiger partial charge is 0.0466 e. The molecule has 2 nitrogen and oxygen atoms in total. The molecule has 0 fully saturated rings. The molecule has 0 spiro atoms. The van der Waals surface area contributed by atoms with Gasteiger partial charge in [0.15, 0.2) is 0 Å². The summed E-state index contributed by atoms with van der Waals surface area (Å²) >= 11 is 0. The van der Waals surface area contributed by atoms with E-state index in [4.69, 9.17) is 9.84 Å². The fourth-order valence-electron chi connectivity index (χ4n) is 4.94. The first kappa shape index (κ1) is 33.9. The Labute approximate surface area is 216 Å². The zero-order chi connectivity index (χ0) is 24.6. The van der Waals surface area contributed by atoms with Crippen molar-refractivity contribution >= 4 is 0 Å². The number of hydrogen-bond acceptors (Lipinski definition) is 2. The molecule has 0 atom stereocenters. The van der Waals surface area contributed by atoms with Crippen molar-refractivity contribution in [2.24, 2.45) is 0 Å². The molecule has 0 heterocycles. The average Bonchev–Trinajstić information content (AvgIpc) is 2.85. The zero-order valence-electron chi connectivity index (χ0n) is 23.8. The summed E-state index contributed by atoms with van der Waals surface area (Å²) in [4.78, 5) is 0. The predicted molar refractivity (Wildman–Crippen MR) is 153 cm³/mol. The highest BCUT2D eigenvalue weighted by atomic mass is 16.5. The van der Waals surface area contributed by atoms with Gasteiger partial charge in [0, 0.05) is 19.8 Å². The van der Waals surface area contributed by atoms with Gasteiger partial charge in [0.05, 0.1) is 0 Å². The monoisotopic (exact) mass is 483 g/mol. The Morgan fingerprint density at radius 1 is 0.324 bits per heavy atom. The quantitative estimate of drug-likeness (QED) is 0.0995. The highest BCUT2D eigenvalue weighted by molar-refractivity contribution is 4.51. The summed E-state index contributed by atoms with van der Waals surface area (Å²) in [5, 5.41) is 8.76. The van der Waals surface area contributed by atoms with Gasteiger partial charge in [0.1, 0.15) is 0 Å². The van der Waals surface area contributed by atoms with E-state index in [-0.39, 0.29) is 0 Å². The van der Waals surface area contributed by atoms with Crippen LogP contribution in [-0.4, -0.2) is 24.9 Å². The van der Waals surface area contributed by atoms with Crippen molar-refractivity contribution in [1.29, 1.82) is 0 Å². The topological polar surface area (TPSA) is 29.5 Å². The predicted octanol–water partition coefficient (Wildman–Crippen LogP) is 10.9. The van der Waals surface area contributed by atoms with E-state index in [0.717, 1.165) is 19.6 Å². The molecule has 0 saturated carbocycles. The summed E-state index contributed by atoms with van der Waals surface area (Å²) in [5.41, 5.74) is 0. The molecule has 0 amide bonds. The van der Waals surface area contributed by atoms with Gasteiger partial charge in [-0.3, -0.25) is 0 Å². The van der Waals surface area contributed by atoms with Crippen LogP contribution in [0, 0.1) is 0 Å². The summed E-state index contributed by atoms with van der Waals surface area (Å²) in [6.45, 7) is 4.63. The average molecular weight is 483 g/mol. The summed E-state index contributed by atoms with van der Waals surface area (Å²) in [6, 6.07) is 0. The summed E-state index contributed by atoms with van der Waals surface area (Å²) < 4.78 is 5.84. The standard InChI is InChI=1S/C32H66O2/c1-2-3-4-5-6-7-8-9-10-11-13-16-19-22-25-28-31-34-32-29-26-23-20-17-14-12-15-18-21-24-27-30-33/h33H,2-32H2,1H3. The Morgan fingerprint density at radius 3 is 0.824 bits per heavy atom. The van der Waals surface area contributed by atoms with E-state index in [1.807, 2.05) is 0 Å². The lowest BCUT2D eigenvalue weighted by atomic mass is 10.0. The molecule has 1 N–H and O–H groups in total. The molecule has 2 heteroatoms.